The molecule has 20 heavy (non-hydrogen) atoms. The zero-order valence-electron chi connectivity index (χ0n) is 11.4. The maximum Gasteiger partial charge on any atom is 0.178 e. The van der Waals surface area contributed by atoms with Crippen molar-refractivity contribution in [2.24, 2.45) is 0 Å². The normalized spacial score (nSPS) is 26.9. The SMILES string of the molecule is OC1CCCCC1Nc1ccc2nnc(C3CC3)n2n1. The highest BCUT2D eigenvalue weighted by Gasteiger charge is 2.29. The second kappa shape index (κ2) is 4.70. The number of nitrogens with one attached hydrogen (secondary N) is 1. The van der Waals surface area contributed by atoms with Crippen LogP contribution in [0.2, 0.25) is 0 Å². The zero-order valence-corrected chi connectivity index (χ0v) is 11.4. The maximum absolute atomic E-state index is 10.0. The predicted molar refractivity (Wildman–Crippen MR) is 74.6 cm³/mol. The third-order valence-corrected chi connectivity index (χ3v) is 4.29. The van der Waals surface area contributed by atoms with Crippen molar-refractivity contribution in [3.8, 4) is 0 Å². The van der Waals surface area contributed by atoms with E-state index in [0.717, 1.165) is 43.0 Å². The van der Waals surface area contributed by atoms with Crippen LogP contribution in [0, 0.1) is 0 Å². The average molecular weight is 273 g/mol. The van der Waals surface area contributed by atoms with Crippen molar-refractivity contribution in [2.45, 2.75) is 56.6 Å². The van der Waals surface area contributed by atoms with Gasteiger partial charge in [0.25, 0.3) is 0 Å². The van der Waals surface area contributed by atoms with Crippen LogP contribution in [0.5, 0.6) is 0 Å². The van der Waals surface area contributed by atoms with Crippen molar-refractivity contribution in [1.82, 2.24) is 19.8 Å². The molecule has 0 aliphatic heterocycles. The zero-order chi connectivity index (χ0) is 13.5. The van der Waals surface area contributed by atoms with E-state index in [2.05, 4.69) is 20.6 Å². The van der Waals surface area contributed by atoms with Crippen LogP contribution in [-0.2, 0) is 0 Å². The summed E-state index contributed by atoms with van der Waals surface area (Å²) in [4.78, 5) is 0. The number of aliphatic hydroxyl groups excluding tert-OH is 1. The lowest BCUT2D eigenvalue weighted by Gasteiger charge is -2.28. The van der Waals surface area contributed by atoms with Crippen LogP contribution in [0.1, 0.15) is 50.3 Å². The highest BCUT2D eigenvalue weighted by molar-refractivity contribution is 5.45. The molecule has 2 unspecified atom stereocenters. The largest absolute Gasteiger partial charge is 0.391 e. The molecule has 0 radical (unpaired) electrons. The highest BCUT2D eigenvalue weighted by Crippen LogP contribution is 2.38. The molecule has 2 fully saturated rings. The molecule has 106 valence electrons. The van der Waals surface area contributed by atoms with Gasteiger partial charge in [-0.2, -0.15) is 4.52 Å². The van der Waals surface area contributed by atoms with Gasteiger partial charge in [0.2, 0.25) is 0 Å². The van der Waals surface area contributed by atoms with Gasteiger partial charge in [0, 0.05) is 5.92 Å². The molecule has 2 aromatic rings. The Hall–Kier alpha value is -1.69. The number of hydrogen-bond acceptors (Lipinski definition) is 5. The third kappa shape index (κ3) is 2.14. The number of nitrogens with zero attached hydrogens (tertiary/aromatic N) is 4. The molecule has 2 saturated carbocycles. The third-order valence-electron chi connectivity index (χ3n) is 4.29. The minimum absolute atomic E-state index is 0.106. The lowest BCUT2D eigenvalue weighted by Crippen LogP contribution is -2.36. The van der Waals surface area contributed by atoms with Crippen LogP contribution in [0.15, 0.2) is 12.1 Å². The number of rotatable bonds is 3. The average Bonchev–Trinajstić information content (AvgIpc) is 3.22. The molecule has 4 rings (SSSR count). The van der Waals surface area contributed by atoms with Gasteiger partial charge in [-0.05, 0) is 37.8 Å². The van der Waals surface area contributed by atoms with E-state index in [1.54, 1.807) is 0 Å². The lowest BCUT2D eigenvalue weighted by atomic mass is 9.93. The smallest absolute Gasteiger partial charge is 0.178 e. The second-order valence-electron chi connectivity index (χ2n) is 5.92. The number of aromatic nitrogens is 4. The quantitative estimate of drug-likeness (QED) is 0.890. The molecule has 0 bridgehead atoms. The monoisotopic (exact) mass is 273 g/mol. The topological polar surface area (TPSA) is 75.3 Å². The van der Waals surface area contributed by atoms with Crippen LogP contribution in [0.3, 0.4) is 0 Å². The van der Waals surface area contributed by atoms with Crippen LogP contribution in [0.4, 0.5) is 5.82 Å². The van der Waals surface area contributed by atoms with Crippen molar-refractivity contribution in [1.29, 1.82) is 0 Å². The molecule has 0 aromatic carbocycles. The molecule has 2 aromatic heterocycles. The summed E-state index contributed by atoms with van der Waals surface area (Å²) in [6.45, 7) is 0. The highest BCUT2D eigenvalue weighted by atomic mass is 16.3. The van der Waals surface area contributed by atoms with E-state index in [1.165, 1.54) is 12.8 Å². The Morgan fingerprint density at radius 3 is 2.75 bits per heavy atom. The molecule has 2 aliphatic carbocycles. The fourth-order valence-corrected chi connectivity index (χ4v) is 2.95. The standard InChI is InChI=1S/C14H19N5O/c20-11-4-2-1-3-10(11)15-12-7-8-13-16-17-14(9-5-6-9)19(13)18-12/h7-11,20H,1-6H2,(H,15,18). The summed E-state index contributed by atoms with van der Waals surface area (Å²) in [6.07, 6.45) is 6.24. The van der Waals surface area contributed by atoms with E-state index in [9.17, 15) is 5.11 Å². The molecule has 6 nitrogen and oxygen atoms in total. The van der Waals surface area contributed by atoms with E-state index in [-0.39, 0.29) is 12.1 Å². The van der Waals surface area contributed by atoms with Crippen LogP contribution in [0.25, 0.3) is 5.65 Å². The van der Waals surface area contributed by atoms with Crippen molar-refractivity contribution >= 4 is 11.5 Å². The molecule has 2 aliphatic rings. The Kier molecular flexibility index (Phi) is 2.84. The van der Waals surface area contributed by atoms with Crippen LogP contribution >= 0.6 is 0 Å². The summed E-state index contributed by atoms with van der Waals surface area (Å²) in [5.41, 5.74) is 0.793. The molecule has 2 atom stereocenters. The first-order chi connectivity index (χ1) is 9.81. The van der Waals surface area contributed by atoms with E-state index >= 15 is 0 Å². The number of hydrogen-bond donors (Lipinski definition) is 2. The van der Waals surface area contributed by atoms with Crippen molar-refractivity contribution < 1.29 is 5.11 Å². The first-order valence-electron chi connectivity index (χ1n) is 7.48. The van der Waals surface area contributed by atoms with E-state index < -0.39 is 0 Å². The van der Waals surface area contributed by atoms with Gasteiger partial charge in [-0.3, -0.25) is 0 Å². The van der Waals surface area contributed by atoms with Crippen molar-refractivity contribution in [3.63, 3.8) is 0 Å². The summed E-state index contributed by atoms with van der Waals surface area (Å²) >= 11 is 0. The predicted octanol–water partition coefficient (Wildman–Crippen LogP) is 1.72. The van der Waals surface area contributed by atoms with Gasteiger partial charge in [0.05, 0.1) is 12.1 Å². The maximum atomic E-state index is 10.0. The molecular weight excluding hydrogens is 254 g/mol. The minimum atomic E-state index is -0.273. The number of aliphatic hydroxyl groups is 1. The fraction of sp³-hybridized carbons (Fsp3) is 0.643. The molecule has 0 saturated heterocycles. The molecular formula is C14H19N5O. The van der Waals surface area contributed by atoms with E-state index in [1.807, 2.05) is 16.6 Å². The van der Waals surface area contributed by atoms with Gasteiger partial charge in [-0.15, -0.1) is 15.3 Å². The van der Waals surface area contributed by atoms with E-state index in [0.29, 0.717) is 5.92 Å². The van der Waals surface area contributed by atoms with Gasteiger partial charge in [-0.1, -0.05) is 12.8 Å². The summed E-state index contributed by atoms with van der Waals surface area (Å²) in [6, 6.07) is 3.96. The minimum Gasteiger partial charge on any atom is -0.391 e. The molecule has 6 heteroatoms. The first kappa shape index (κ1) is 12.1. The van der Waals surface area contributed by atoms with Crippen molar-refractivity contribution in [2.75, 3.05) is 5.32 Å². The van der Waals surface area contributed by atoms with Gasteiger partial charge >= 0.3 is 0 Å². The summed E-state index contributed by atoms with van der Waals surface area (Å²) in [5.74, 6) is 2.28. The summed E-state index contributed by atoms with van der Waals surface area (Å²) in [7, 11) is 0. The summed E-state index contributed by atoms with van der Waals surface area (Å²) < 4.78 is 1.84. The number of fused-ring (bicyclic) bond motifs is 1. The summed E-state index contributed by atoms with van der Waals surface area (Å²) in [5, 5.41) is 26.4. The Morgan fingerprint density at radius 1 is 1.10 bits per heavy atom. The van der Waals surface area contributed by atoms with Crippen molar-refractivity contribution in [3.05, 3.63) is 18.0 Å². The Bertz CT molecular complexity index is 621. The molecule has 0 spiro atoms. The fourth-order valence-electron chi connectivity index (χ4n) is 2.95. The van der Waals surface area contributed by atoms with Gasteiger partial charge in [-0.25, -0.2) is 0 Å². The Balaban J connectivity index is 1.61. The second-order valence-corrected chi connectivity index (χ2v) is 5.92. The number of anilines is 1. The molecule has 0 amide bonds. The van der Waals surface area contributed by atoms with Gasteiger partial charge in [0.1, 0.15) is 5.82 Å². The molecule has 2 heterocycles. The van der Waals surface area contributed by atoms with Crippen LogP contribution in [-0.4, -0.2) is 37.1 Å². The lowest BCUT2D eigenvalue weighted by molar-refractivity contribution is 0.116. The first-order valence-corrected chi connectivity index (χ1v) is 7.48. The van der Waals surface area contributed by atoms with Crippen LogP contribution < -0.4 is 5.32 Å². The van der Waals surface area contributed by atoms with Gasteiger partial charge < -0.3 is 10.4 Å². The Morgan fingerprint density at radius 2 is 1.95 bits per heavy atom. The van der Waals surface area contributed by atoms with Gasteiger partial charge in [0.15, 0.2) is 11.5 Å². The van der Waals surface area contributed by atoms with E-state index in [4.69, 9.17) is 0 Å². The Labute approximate surface area is 117 Å². The molecule has 2 N–H and O–H groups in total.